The van der Waals surface area contributed by atoms with Crippen molar-refractivity contribution in [3.05, 3.63) is 35.4 Å². The number of nitrogens with one attached hydrogen (secondary N) is 1. The molecule has 8 nitrogen and oxygen atoms in total. The van der Waals surface area contributed by atoms with Crippen molar-refractivity contribution >= 4 is 16.0 Å². The molecule has 1 aliphatic rings. The highest BCUT2D eigenvalue weighted by Crippen LogP contribution is 2.17. The zero-order chi connectivity index (χ0) is 19.0. The van der Waals surface area contributed by atoms with Crippen molar-refractivity contribution in [1.82, 2.24) is 9.62 Å². The van der Waals surface area contributed by atoms with Gasteiger partial charge < -0.3 is 20.5 Å². The molecule has 3 N–H and O–H groups in total. The maximum absolute atomic E-state index is 12.6. The topological polar surface area (TPSA) is 106 Å². The maximum Gasteiger partial charge on any atom is 0.218 e. The van der Waals surface area contributed by atoms with E-state index in [0.717, 1.165) is 11.1 Å². The first-order chi connectivity index (χ1) is 12.4. The van der Waals surface area contributed by atoms with Crippen LogP contribution in [0, 0.1) is 0 Å². The van der Waals surface area contributed by atoms with Gasteiger partial charge in [-0.2, -0.15) is 4.31 Å². The first-order valence-corrected chi connectivity index (χ1v) is 10.2. The van der Waals surface area contributed by atoms with Gasteiger partial charge >= 0.3 is 0 Å². The molecular formula is C17H28N4O4S. The summed E-state index contributed by atoms with van der Waals surface area (Å²) < 4.78 is 37.1. The molecule has 9 heteroatoms. The third-order valence-electron chi connectivity index (χ3n) is 4.05. The van der Waals surface area contributed by atoms with Crippen LogP contribution in [0.25, 0.3) is 0 Å². The molecule has 0 aliphatic carbocycles. The summed E-state index contributed by atoms with van der Waals surface area (Å²) in [7, 11) is -1.76. The van der Waals surface area contributed by atoms with Crippen molar-refractivity contribution in [2.45, 2.75) is 25.3 Å². The van der Waals surface area contributed by atoms with Crippen molar-refractivity contribution in [1.29, 1.82) is 0 Å². The monoisotopic (exact) mass is 384 g/mol. The fraction of sp³-hybridized carbons (Fsp3) is 0.588. The van der Waals surface area contributed by atoms with Crippen LogP contribution >= 0.6 is 0 Å². The van der Waals surface area contributed by atoms with Crippen LogP contribution in [-0.4, -0.2) is 64.7 Å². The molecule has 1 saturated heterocycles. The number of nitrogens with zero attached hydrogens (tertiary/aromatic N) is 2. The Bertz CT molecular complexity index is 702. The first-order valence-electron chi connectivity index (χ1n) is 8.60. The Kier molecular flexibility index (Phi) is 7.83. The number of ether oxygens (including phenoxy) is 2. The van der Waals surface area contributed by atoms with E-state index >= 15 is 0 Å². The molecule has 1 fully saturated rings. The second-order valence-corrected chi connectivity index (χ2v) is 8.21. The number of hydrogen-bond donors (Lipinski definition) is 2. The number of sulfonamides is 1. The van der Waals surface area contributed by atoms with E-state index in [4.69, 9.17) is 15.2 Å². The van der Waals surface area contributed by atoms with Crippen LogP contribution in [0.1, 0.15) is 18.1 Å². The molecule has 2 rings (SSSR count). The minimum atomic E-state index is -3.38. The number of benzene rings is 1. The van der Waals surface area contributed by atoms with Crippen LogP contribution in [0.4, 0.5) is 0 Å². The number of nitrogens with two attached hydrogens (primary N) is 1. The fourth-order valence-corrected chi connectivity index (χ4v) is 4.29. The van der Waals surface area contributed by atoms with Gasteiger partial charge in [-0.05, 0) is 18.1 Å². The average molecular weight is 385 g/mol. The summed E-state index contributed by atoms with van der Waals surface area (Å²) >= 11 is 0. The summed E-state index contributed by atoms with van der Waals surface area (Å²) in [5, 5.41) is 3.03. The molecule has 1 aliphatic heterocycles. The van der Waals surface area contributed by atoms with Gasteiger partial charge in [0, 0.05) is 26.2 Å². The van der Waals surface area contributed by atoms with Gasteiger partial charge in [-0.1, -0.05) is 24.3 Å². The van der Waals surface area contributed by atoms with Crippen LogP contribution < -0.4 is 11.1 Å². The molecule has 1 aromatic rings. The average Bonchev–Trinajstić information content (AvgIpc) is 2.61. The highest BCUT2D eigenvalue weighted by atomic mass is 32.2. The second kappa shape index (κ2) is 9.86. The summed E-state index contributed by atoms with van der Waals surface area (Å²) in [4.78, 5) is 4.32. The van der Waals surface area contributed by atoms with Crippen molar-refractivity contribution < 1.29 is 17.9 Å². The predicted molar refractivity (Wildman–Crippen MR) is 101 cm³/mol. The Morgan fingerprint density at radius 2 is 2.00 bits per heavy atom. The van der Waals surface area contributed by atoms with Crippen LogP contribution in [0.3, 0.4) is 0 Å². The third-order valence-corrected chi connectivity index (χ3v) is 5.88. The Hall–Kier alpha value is -1.68. The van der Waals surface area contributed by atoms with Crippen molar-refractivity contribution in [2.75, 3.05) is 40.0 Å². The van der Waals surface area contributed by atoms with Crippen LogP contribution in [0.15, 0.2) is 29.3 Å². The zero-order valence-corrected chi connectivity index (χ0v) is 16.2. The quantitative estimate of drug-likeness (QED) is 0.493. The molecular weight excluding hydrogens is 356 g/mol. The molecule has 0 radical (unpaired) electrons. The van der Waals surface area contributed by atoms with Crippen molar-refractivity contribution in [3.8, 4) is 0 Å². The third kappa shape index (κ3) is 6.24. The first kappa shape index (κ1) is 20.6. The smallest absolute Gasteiger partial charge is 0.218 e. The van der Waals surface area contributed by atoms with Gasteiger partial charge in [-0.25, -0.2) is 13.4 Å². The second-order valence-electron chi connectivity index (χ2n) is 6.24. The molecule has 1 atom stereocenters. The molecule has 26 heavy (non-hydrogen) atoms. The van der Waals surface area contributed by atoms with E-state index in [2.05, 4.69) is 10.3 Å². The molecule has 1 aromatic carbocycles. The Labute approximate surface area is 155 Å². The number of hydrogen-bond acceptors (Lipinski definition) is 5. The lowest BCUT2D eigenvalue weighted by Gasteiger charge is -2.26. The molecule has 0 amide bonds. The van der Waals surface area contributed by atoms with Crippen LogP contribution in [-0.2, 0) is 31.8 Å². The Morgan fingerprint density at radius 3 is 2.65 bits per heavy atom. The number of rotatable bonds is 8. The van der Waals surface area contributed by atoms with E-state index < -0.39 is 10.0 Å². The SMILES string of the molecule is COCC(C)NC(N)=NCc1ccccc1CS(=O)(=O)N1CCOCC1. The molecule has 1 unspecified atom stereocenters. The lowest BCUT2D eigenvalue weighted by molar-refractivity contribution is 0.0729. The minimum Gasteiger partial charge on any atom is -0.383 e. The standard InChI is InChI=1S/C17H28N4O4S/c1-14(12-24-2)20-17(18)19-11-15-5-3-4-6-16(15)13-26(22,23)21-7-9-25-10-8-21/h3-6,14H,7-13H2,1-2H3,(H3,18,19,20). The predicted octanol–water partition coefficient (Wildman–Crippen LogP) is 0.288. The van der Waals surface area contributed by atoms with Gasteiger partial charge in [0.25, 0.3) is 0 Å². The van der Waals surface area contributed by atoms with E-state index in [9.17, 15) is 8.42 Å². The van der Waals surface area contributed by atoms with Crippen LogP contribution in [0.5, 0.6) is 0 Å². The fourth-order valence-electron chi connectivity index (χ4n) is 2.73. The van der Waals surface area contributed by atoms with E-state index in [0.29, 0.717) is 45.4 Å². The molecule has 1 heterocycles. The summed E-state index contributed by atoms with van der Waals surface area (Å²) in [6.45, 7) is 4.44. The number of aliphatic imine (C=N–C) groups is 1. The number of methoxy groups -OCH3 is 1. The van der Waals surface area contributed by atoms with E-state index in [1.165, 1.54) is 4.31 Å². The molecule has 146 valence electrons. The lowest BCUT2D eigenvalue weighted by atomic mass is 10.1. The maximum atomic E-state index is 12.6. The molecule has 0 spiro atoms. The Balaban J connectivity index is 2.05. The van der Waals surface area contributed by atoms with Crippen molar-refractivity contribution in [2.24, 2.45) is 10.7 Å². The number of guanidine groups is 1. The molecule has 0 saturated carbocycles. The highest BCUT2D eigenvalue weighted by molar-refractivity contribution is 7.88. The van der Waals surface area contributed by atoms with Gasteiger partial charge in [-0.15, -0.1) is 0 Å². The van der Waals surface area contributed by atoms with Crippen molar-refractivity contribution in [3.63, 3.8) is 0 Å². The van der Waals surface area contributed by atoms with Gasteiger partial charge in [0.05, 0.1) is 32.1 Å². The van der Waals surface area contributed by atoms with E-state index in [-0.39, 0.29) is 11.8 Å². The van der Waals surface area contributed by atoms with Gasteiger partial charge in [0.1, 0.15) is 0 Å². The summed E-state index contributed by atoms with van der Waals surface area (Å²) in [6, 6.07) is 7.44. The largest absolute Gasteiger partial charge is 0.383 e. The van der Waals surface area contributed by atoms with Gasteiger partial charge in [-0.3, -0.25) is 0 Å². The molecule has 0 aromatic heterocycles. The van der Waals surface area contributed by atoms with Crippen LogP contribution in [0.2, 0.25) is 0 Å². The highest BCUT2D eigenvalue weighted by Gasteiger charge is 2.25. The van der Waals surface area contributed by atoms with Gasteiger partial charge in [0.15, 0.2) is 5.96 Å². The van der Waals surface area contributed by atoms with Gasteiger partial charge in [0.2, 0.25) is 10.0 Å². The summed E-state index contributed by atoms with van der Waals surface area (Å²) in [5.74, 6) is 0.256. The zero-order valence-electron chi connectivity index (χ0n) is 15.3. The number of morpholine rings is 1. The van der Waals surface area contributed by atoms with E-state index in [1.807, 2.05) is 31.2 Å². The minimum absolute atomic E-state index is 0.0423. The van der Waals surface area contributed by atoms with E-state index in [1.54, 1.807) is 7.11 Å². The summed E-state index contributed by atoms with van der Waals surface area (Å²) in [6.07, 6.45) is 0. The normalized spacial score (nSPS) is 17.8. The molecule has 0 bridgehead atoms. The Morgan fingerprint density at radius 1 is 1.35 bits per heavy atom. The summed E-state index contributed by atoms with van der Waals surface area (Å²) in [5.41, 5.74) is 7.47. The lowest BCUT2D eigenvalue weighted by Crippen LogP contribution is -2.41.